The number of carbonyl (C=O) groups excluding carboxylic acids is 1. The predicted molar refractivity (Wildman–Crippen MR) is 110 cm³/mol. The molecule has 0 saturated carbocycles. The summed E-state index contributed by atoms with van der Waals surface area (Å²) >= 11 is 1.31. The lowest BCUT2D eigenvalue weighted by atomic mass is 10.1. The fraction of sp³-hybridized carbons (Fsp3) is 0.300. The van der Waals surface area contributed by atoms with Gasteiger partial charge in [-0.2, -0.15) is 4.68 Å². The highest BCUT2D eigenvalue weighted by Crippen LogP contribution is 2.26. The Morgan fingerprint density at radius 3 is 2.64 bits per heavy atom. The minimum atomic E-state index is -0.373. The van der Waals surface area contributed by atoms with Crippen molar-refractivity contribution < 1.29 is 9.53 Å². The first-order chi connectivity index (χ1) is 13.5. The molecular formula is C20H23N5O2S. The second-order valence-corrected chi connectivity index (χ2v) is 7.68. The molecule has 0 spiro atoms. The third kappa shape index (κ3) is 4.69. The van der Waals surface area contributed by atoms with Crippen LogP contribution in [0.4, 0.5) is 5.69 Å². The van der Waals surface area contributed by atoms with Gasteiger partial charge < -0.3 is 10.1 Å². The van der Waals surface area contributed by atoms with Crippen molar-refractivity contribution in [3.05, 3.63) is 53.6 Å². The van der Waals surface area contributed by atoms with Gasteiger partial charge in [0.25, 0.3) is 0 Å². The first-order valence-corrected chi connectivity index (χ1v) is 9.92. The molecule has 3 rings (SSSR count). The number of hydrogen-bond acceptors (Lipinski definition) is 6. The smallest absolute Gasteiger partial charge is 0.237 e. The molecule has 146 valence electrons. The number of nitrogens with one attached hydrogen (secondary N) is 1. The molecule has 28 heavy (non-hydrogen) atoms. The van der Waals surface area contributed by atoms with E-state index in [1.807, 2.05) is 64.1 Å². The molecule has 0 aliphatic carbocycles. The number of carbonyl (C=O) groups is 1. The number of hydrogen-bond donors (Lipinski definition) is 1. The average Bonchev–Trinajstić information content (AvgIpc) is 3.11. The van der Waals surface area contributed by atoms with Gasteiger partial charge in [-0.15, -0.1) is 5.10 Å². The normalized spacial score (nSPS) is 11.9. The maximum Gasteiger partial charge on any atom is 0.237 e. The van der Waals surface area contributed by atoms with E-state index in [0.717, 1.165) is 22.7 Å². The Hall–Kier alpha value is -2.87. The van der Waals surface area contributed by atoms with Gasteiger partial charge in [0.1, 0.15) is 5.75 Å². The second kappa shape index (κ2) is 8.88. The van der Waals surface area contributed by atoms with Crippen molar-refractivity contribution >= 4 is 23.4 Å². The molecule has 2 aromatic carbocycles. The summed E-state index contributed by atoms with van der Waals surface area (Å²) in [7, 11) is 0. The molecule has 1 amide bonds. The fourth-order valence-corrected chi connectivity index (χ4v) is 3.50. The molecule has 0 bridgehead atoms. The van der Waals surface area contributed by atoms with Crippen molar-refractivity contribution in [1.29, 1.82) is 0 Å². The first-order valence-electron chi connectivity index (χ1n) is 9.04. The number of anilines is 1. The molecule has 0 aliphatic heterocycles. The maximum absolute atomic E-state index is 12.6. The van der Waals surface area contributed by atoms with Crippen LogP contribution in [0.2, 0.25) is 0 Å². The summed E-state index contributed by atoms with van der Waals surface area (Å²) < 4.78 is 7.08. The van der Waals surface area contributed by atoms with Gasteiger partial charge in [-0.3, -0.25) is 4.79 Å². The van der Waals surface area contributed by atoms with Crippen LogP contribution in [-0.4, -0.2) is 38.0 Å². The third-order valence-electron chi connectivity index (χ3n) is 4.11. The van der Waals surface area contributed by atoms with Gasteiger partial charge in [0.15, 0.2) is 0 Å². The zero-order valence-corrected chi connectivity index (χ0v) is 17.2. The van der Waals surface area contributed by atoms with Gasteiger partial charge in [0.05, 0.1) is 17.5 Å². The number of tetrazole rings is 1. The van der Waals surface area contributed by atoms with Crippen LogP contribution in [0.1, 0.15) is 25.0 Å². The van der Waals surface area contributed by atoms with E-state index >= 15 is 0 Å². The Kier molecular flexibility index (Phi) is 6.30. The Morgan fingerprint density at radius 2 is 1.96 bits per heavy atom. The molecule has 1 aromatic heterocycles. The topological polar surface area (TPSA) is 81.9 Å². The van der Waals surface area contributed by atoms with E-state index in [1.54, 1.807) is 4.68 Å². The zero-order chi connectivity index (χ0) is 20.1. The van der Waals surface area contributed by atoms with Crippen LogP contribution in [0.3, 0.4) is 0 Å². The van der Waals surface area contributed by atoms with E-state index in [-0.39, 0.29) is 11.2 Å². The number of benzene rings is 2. The van der Waals surface area contributed by atoms with Gasteiger partial charge >= 0.3 is 0 Å². The summed E-state index contributed by atoms with van der Waals surface area (Å²) in [4.78, 5) is 12.6. The molecule has 0 fully saturated rings. The fourth-order valence-electron chi connectivity index (χ4n) is 2.70. The average molecular weight is 398 g/mol. The SMILES string of the molecule is CCOc1ccc(NC(=O)[C@H](C)Sc2nnnn2-c2ccc(C)cc2C)cc1. The van der Waals surface area contributed by atoms with Crippen LogP contribution in [0, 0.1) is 13.8 Å². The van der Waals surface area contributed by atoms with Crippen LogP contribution >= 0.6 is 11.8 Å². The summed E-state index contributed by atoms with van der Waals surface area (Å²) in [5.74, 6) is 0.653. The zero-order valence-electron chi connectivity index (χ0n) is 16.3. The molecule has 8 heteroatoms. The van der Waals surface area contributed by atoms with Crippen LogP contribution in [-0.2, 0) is 4.79 Å². The van der Waals surface area contributed by atoms with Gasteiger partial charge in [-0.25, -0.2) is 0 Å². The van der Waals surface area contributed by atoms with Crippen LogP contribution in [0.5, 0.6) is 5.75 Å². The minimum Gasteiger partial charge on any atom is -0.494 e. The first kappa shape index (κ1) is 19.9. The summed E-state index contributed by atoms with van der Waals surface area (Å²) in [5.41, 5.74) is 3.86. The summed E-state index contributed by atoms with van der Waals surface area (Å²) in [6.07, 6.45) is 0. The molecule has 0 aliphatic rings. The molecule has 1 heterocycles. The highest BCUT2D eigenvalue weighted by atomic mass is 32.2. The van der Waals surface area contributed by atoms with E-state index in [9.17, 15) is 4.79 Å². The Balaban J connectivity index is 1.68. The quantitative estimate of drug-likeness (QED) is 0.611. The molecule has 0 radical (unpaired) electrons. The summed E-state index contributed by atoms with van der Waals surface area (Å²) in [6, 6.07) is 13.4. The number of aryl methyl sites for hydroxylation is 2. The molecule has 1 atom stereocenters. The van der Waals surface area contributed by atoms with Crippen molar-refractivity contribution in [2.75, 3.05) is 11.9 Å². The highest BCUT2D eigenvalue weighted by Gasteiger charge is 2.20. The Bertz CT molecular complexity index is 955. The van der Waals surface area contributed by atoms with Crippen molar-refractivity contribution in [3.63, 3.8) is 0 Å². The number of aromatic nitrogens is 4. The molecule has 7 nitrogen and oxygen atoms in total. The lowest BCUT2D eigenvalue weighted by Gasteiger charge is -2.13. The molecule has 0 unspecified atom stereocenters. The third-order valence-corrected chi connectivity index (χ3v) is 5.14. The maximum atomic E-state index is 12.6. The van der Waals surface area contributed by atoms with Gasteiger partial charge in [-0.1, -0.05) is 29.5 Å². The highest BCUT2D eigenvalue weighted by molar-refractivity contribution is 8.00. The van der Waals surface area contributed by atoms with E-state index in [4.69, 9.17) is 4.74 Å². The van der Waals surface area contributed by atoms with Gasteiger partial charge in [0, 0.05) is 5.69 Å². The van der Waals surface area contributed by atoms with E-state index < -0.39 is 0 Å². The van der Waals surface area contributed by atoms with Crippen molar-refractivity contribution in [3.8, 4) is 11.4 Å². The number of nitrogens with zero attached hydrogens (tertiary/aromatic N) is 4. The summed E-state index contributed by atoms with van der Waals surface area (Å²) in [5, 5.41) is 15.1. The van der Waals surface area contributed by atoms with Crippen LogP contribution in [0.15, 0.2) is 47.6 Å². The van der Waals surface area contributed by atoms with Gasteiger partial charge in [-0.05, 0) is 74.0 Å². The Morgan fingerprint density at radius 1 is 1.21 bits per heavy atom. The van der Waals surface area contributed by atoms with Crippen molar-refractivity contribution in [2.45, 2.75) is 38.1 Å². The Labute approximate surface area is 168 Å². The van der Waals surface area contributed by atoms with E-state index in [0.29, 0.717) is 11.8 Å². The number of rotatable bonds is 7. The molecule has 1 N–H and O–H groups in total. The number of thioether (sulfide) groups is 1. The van der Waals surface area contributed by atoms with Gasteiger partial charge in [0.2, 0.25) is 11.1 Å². The monoisotopic (exact) mass is 397 g/mol. The van der Waals surface area contributed by atoms with Crippen LogP contribution in [0.25, 0.3) is 5.69 Å². The predicted octanol–water partition coefficient (Wildman–Crippen LogP) is 3.80. The lowest BCUT2D eigenvalue weighted by Crippen LogP contribution is -2.23. The van der Waals surface area contributed by atoms with Crippen molar-refractivity contribution in [1.82, 2.24) is 20.2 Å². The molecular weight excluding hydrogens is 374 g/mol. The van der Waals surface area contributed by atoms with Crippen molar-refractivity contribution in [2.24, 2.45) is 0 Å². The van der Waals surface area contributed by atoms with Crippen LogP contribution < -0.4 is 10.1 Å². The standard InChI is InChI=1S/C20H23N5O2S/c1-5-27-17-9-7-16(8-10-17)21-19(26)15(4)28-20-22-23-24-25(20)18-11-6-13(2)12-14(18)3/h6-12,15H,5H2,1-4H3,(H,21,26)/t15-/m0/s1. The minimum absolute atomic E-state index is 0.121. The summed E-state index contributed by atoms with van der Waals surface area (Å²) in [6.45, 7) is 8.42. The van der Waals surface area contributed by atoms with E-state index in [1.165, 1.54) is 17.3 Å². The molecule has 3 aromatic rings. The second-order valence-electron chi connectivity index (χ2n) is 6.37. The number of ether oxygens (including phenoxy) is 1. The lowest BCUT2D eigenvalue weighted by molar-refractivity contribution is -0.115. The van der Waals surface area contributed by atoms with E-state index in [2.05, 4.69) is 26.9 Å². The number of amides is 1. The largest absolute Gasteiger partial charge is 0.494 e. The molecule has 0 saturated heterocycles.